The van der Waals surface area contributed by atoms with Gasteiger partial charge in [0.05, 0.1) is 0 Å². The molecule has 3 heterocycles. The predicted molar refractivity (Wildman–Crippen MR) is 143 cm³/mol. The number of thiophene rings is 1. The fraction of sp³-hybridized carbons (Fsp3) is 0.655. The Morgan fingerprint density at radius 2 is 1.85 bits per heavy atom. The maximum Gasteiger partial charge on any atom is 0.251 e. The largest absolute Gasteiger partial charge is 0.381 e. The fourth-order valence-corrected chi connectivity index (χ4v) is 7.35. The molecule has 34 heavy (non-hydrogen) atoms. The second-order valence-corrected chi connectivity index (χ2v) is 11.6. The van der Waals surface area contributed by atoms with Crippen LogP contribution in [0.2, 0.25) is 0 Å². The third kappa shape index (κ3) is 5.73. The molecule has 0 amide bonds. The lowest BCUT2D eigenvalue weighted by atomic mass is 9.74. The summed E-state index contributed by atoms with van der Waals surface area (Å²) in [6.45, 7) is 16.6. The number of pyridine rings is 1. The molecule has 1 saturated heterocycles. The first-order valence-corrected chi connectivity index (χ1v) is 13.9. The van der Waals surface area contributed by atoms with Crippen molar-refractivity contribution in [3.05, 3.63) is 54.1 Å². The molecule has 0 bridgehead atoms. The molecule has 0 aromatic carbocycles. The lowest BCUT2D eigenvalue weighted by Gasteiger charge is -2.34. The van der Waals surface area contributed by atoms with Gasteiger partial charge < -0.3 is 9.72 Å². The van der Waals surface area contributed by atoms with Gasteiger partial charge in [0.2, 0.25) is 0 Å². The lowest BCUT2D eigenvalue weighted by molar-refractivity contribution is 0.0404. The summed E-state index contributed by atoms with van der Waals surface area (Å²) < 4.78 is 5.64. The second-order valence-electron chi connectivity index (χ2n) is 10.3. The first-order valence-electron chi connectivity index (χ1n) is 13.1. The number of aromatic nitrogens is 1. The second kappa shape index (κ2) is 11.8. The van der Waals surface area contributed by atoms with Gasteiger partial charge in [0.15, 0.2) is 5.78 Å². The molecule has 1 N–H and O–H groups in total. The molecular weight excluding hydrogens is 442 g/mol. The Kier molecular flexibility index (Phi) is 9.34. The Morgan fingerprint density at radius 1 is 1.18 bits per heavy atom. The summed E-state index contributed by atoms with van der Waals surface area (Å²) in [7, 11) is 0. The predicted octanol–water partition coefficient (Wildman–Crippen LogP) is 7.07. The number of hydrogen-bond acceptors (Lipinski definition) is 4. The number of aryl methyl sites for hydroxylation is 3. The van der Waals surface area contributed by atoms with E-state index in [9.17, 15) is 9.59 Å². The van der Waals surface area contributed by atoms with Gasteiger partial charge in [-0.2, -0.15) is 0 Å². The molecule has 188 valence electrons. The van der Waals surface area contributed by atoms with Crippen molar-refractivity contribution in [3.8, 4) is 0 Å². The highest BCUT2D eigenvalue weighted by molar-refractivity contribution is 7.12. The Balaban J connectivity index is 1.89. The van der Waals surface area contributed by atoms with Crippen LogP contribution in [-0.4, -0.2) is 24.0 Å². The first-order chi connectivity index (χ1) is 16.2. The zero-order chi connectivity index (χ0) is 25.0. The number of Topliss-reactive ketones (excluding diaryl/α,β-unsaturated/α-hetero) is 1. The van der Waals surface area contributed by atoms with Gasteiger partial charge >= 0.3 is 0 Å². The number of ketones is 1. The number of hydrogen-bond donors (Lipinski definition) is 1. The van der Waals surface area contributed by atoms with Crippen molar-refractivity contribution in [2.75, 3.05) is 13.2 Å². The quantitative estimate of drug-likeness (QED) is 0.366. The lowest BCUT2D eigenvalue weighted by Crippen LogP contribution is -2.27. The average Bonchev–Trinajstić information content (AvgIpc) is 3.10. The van der Waals surface area contributed by atoms with E-state index in [1.807, 2.05) is 31.3 Å². The van der Waals surface area contributed by atoms with Gasteiger partial charge in [0.1, 0.15) is 0 Å². The van der Waals surface area contributed by atoms with E-state index in [4.69, 9.17) is 4.74 Å². The van der Waals surface area contributed by atoms with Gasteiger partial charge in [0.25, 0.3) is 5.56 Å². The molecule has 3 unspecified atom stereocenters. The maximum atomic E-state index is 13.8. The van der Waals surface area contributed by atoms with E-state index in [0.29, 0.717) is 24.2 Å². The van der Waals surface area contributed by atoms with Crippen LogP contribution in [0.3, 0.4) is 0 Å². The van der Waals surface area contributed by atoms with Crippen molar-refractivity contribution in [1.29, 1.82) is 0 Å². The van der Waals surface area contributed by atoms with Crippen molar-refractivity contribution in [1.82, 2.24) is 4.98 Å². The van der Waals surface area contributed by atoms with Crippen LogP contribution in [-0.2, 0) is 11.2 Å². The van der Waals surface area contributed by atoms with Gasteiger partial charge in [-0.3, -0.25) is 9.59 Å². The van der Waals surface area contributed by atoms with Crippen molar-refractivity contribution in [2.24, 2.45) is 17.8 Å². The van der Waals surface area contributed by atoms with Gasteiger partial charge in [-0.15, -0.1) is 11.3 Å². The molecule has 2 aromatic heterocycles. The van der Waals surface area contributed by atoms with Crippen LogP contribution in [0.5, 0.6) is 0 Å². The van der Waals surface area contributed by atoms with E-state index < -0.39 is 0 Å². The van der Waals surface area contributed by atoms with Crippen molar-refractivity contribution >= 4 is 17.1 Å². The SMILES string of the molecule is CCCC(C1CCOCC1)C(C)c1sc(C)c(C(=O)C(CC)Cc2c(C)cc(C)[nH]c2=O)c1C. The van der Waals surface area contributed by atoms with E-state index in [1.54, 1.807) is 0 Å². The van der Waals surface area contributed by atoms with Gasteiger partial charge in [-0.1, -0.05) is 27.2 Å². The number of ether oxygens (including phenoxy) is 1. The minimum Gasteiger partial charge on any atom is -0.381 e. The highest BCUT2D eigenvalue weighted by Gasteiger charge is 2.33. The van der Waals surface area contributed by atoms with Gasteiger partial charge in [-0.25, -0.2) is 0 Å². The third-order valence-corrected chi connectivity index (χ3v) is 9.37. The van der Waals surface area contributed by atoms with Crippen LogP contribution in [0.25, 0.3) is 0 Å². The Hall–Kier alpha value is -1.72. The summed E-state index contributed by atoms with van der Waals surface area (Å²) in [6.07, 6.45) is 5.92. The fourth-order valence-electron chi connectivity index (χ4n) is 6.05. The van der Waals surface area contributed by atoms with Gasteiger partial charge in [0, 0.05) is 45.7 Å². The minimum atomic E-state index is -0.181. The van der Waals surface area contributed by atoms with Crippen LogP contribution in [0, 0.1) is 45.4 Å². The molecule has 5 heteroatoms. The first kappa shape index (κ1) is 26.9. The normalized spacial score (nSPS) is 17.5. The summed E-state index contributed by atoms with van der Waals surface area (Å²) in [6, 6.07) is 2.00. The van der Waals surface area contributed by atoms with Crippen molar-refractivity contribution in [3.63, 3.8) is 0 Å². The van der Waals surface area contributed by atoms with E-state index in [0.717, 1.165) is 59.7 Å². The number of carbonyl (C=O) groups is 1. The summed E-state index contributed by atoms with van der Waals surface area (Å²) in [5, 5.41) is 0. The number of carbonyl (C=O) groups excluding carboxylic acids is 1. The molecule has 1 aliphatic heterocycles. The summed E-state index contributed by atoms with van der Waals surface area (Å²) in [5.74, 6) is 1.79. The van der Waals surface area contributed by atoms with Crippen LogP contribution < -0.4 is 5.56 Å². The monoisotopic (exact) mass is 485 g/mol. The molecule has 3 atom stereocenters. The molecule has 0 saturated carbocycles. The summed E-state index contributed by atoms with van der Waals surface area (Å²) in [4.78, 5) is 31.8. The number of rotatable bonds is 10. The number of nitrogens with one attached hydrogen (secondary N) is 1. The molecule has 4 nitrogen and oxygen atoms in total. The van der Waals surface area contributed by atoms with Crippen molar-refractivity contribution in [2.45, 2.75) is 92.9 Å². The van der Waals surface area contributed by atoms with Crippen molar-refractivity contribution < 1.29 is 9.53 Å². The topological polar surface area (TPSA) is 59.2 Å². The average molecular weight is 486 g/mol. The molecular formula is C29H43NO3S. The zero-order valence-corrected chi connectivity index (χ0v) is 23.0. The summed E-state index contributed by atoms with van der Waals surface area (Å²) >= 11 is 1.82. The zero-order valence-electron chi connectivity index (χ0n) is 22.2. The van der Waals surface area contributed by atoms with E-state index in [1.165, 1.54) is 23.3 Å². The maximum absolute atomic E-state index is 13.8. The number of aromatic amines is 1. The molecule has 3 rings (SSSR count). The Bertz CT molecular complexity index is 1040. The van der Waals surface area contributed by atoms with E-state index in [2.05, 4.69) is 39.6 Å². The minimum absolute atomic E-state index is 0.0595. The Labute approximate surface area is 209 Å². The molecule has 0 radical (unpaired) electrons. The van der Waals surface area contributed by atoms with E-state index >= 15 is 0 Å². The molecule has 0 spiro atoms. The van der Waals surface area contributed by atoms with Crippen LogP contribution >= 0.6 is 11.3 Å². The van der Waals surface area contributed by atoms with E-state index in [-0.39, 0.29) is 17.3 Å². The smallest absolute Gasteiger partial charge is 0.251 e. The number of H-pyrrole nitrogens is 1. The Morgan fingerprint density at radius 3 is 2.44 bits per heavy atom. The summed E-state index contributed by atoms with van der Waals surface area (Å²) in [5.41, 5.74) is 4.59. The molecule has 2 aromatic rings. The third-order valence-electron chi connectivity index (χ3n) is 7.96. The van der Waals surface area contributed by atoms with Gasteiger partial charge in [-0.05, 0) is 94.7 Å². The molecule has 0 aliphatic carbocycles. The van der Waals surface area contributed by atoms with Crippen LogP contribution in [0.15, 0.2) is 10.9 Å². The molecule has 1 fully saturated rings. The standard InChI is InChI=1S/C29H43NO3S/c1-8-10-24(23-11-13-33-14-12-23)19(5)28-20(6)26(21(7)34-28)27(31)22(9-2)16-25-17(3)15-18(4)30-29(25)32/h15,19,22-24H,8-14,16H2,1-7H3,(H,30,32). The molecule has 1 aliphatic rings. The highest BCUT2D eigenvalue weighted by atomic mass is 32.1. The highest BCUT2D eigenvalue weighted by Crippen LogP contribution is 2.43. The van der Waals surface area contributed by atoms with Crippen LogP contribution in [0.1, 0.15) is 101 Å². The van der Waals surface area contributed by atoms with Crippen LogP contribution in [0.4, 0.5) is 0 Å².